The van der Waals surface area contributed by atoms with Crippen LogP contribution in [-0.4, -0.2) is 31.0 Å². The Morgan fingerprint density at radius 3 is 2.88 bits per heavy atom. The standard InChI is InChI=1S/C18H15N5O2/c24-14-6-7-15-16(8-14)21-22-17(15)20-18(25)13-9-19-23(11-13)10-12-4-2-1-3-5-12/h1-9,11,24H,10H2,(H2,20,21,22,25). The van der Waals surface area contributed by atoms with Gasteiger partial charge in [0.1, 0.15) is 5.75 Å². The monoisotopic (exact) mass is 333 g/mol. The maximum atomic E-state index is 12.4. The van der Waals surface area contributed by atoms with E-state index in [0.717, 1.165) is 10.9 Å². The van der Waals surface area contributed by atoms with E-state index in [2.05, 4.69) is 20.6 Å². The summed E-state index contributed by atoms with van der Waals surface area (Å²) in [5, 5.41) is 24.1. The summed E-state index contributed by atoms with van der Waals surface area (Å²) in [6.07, 6.45) is 3.22. The summed E-state index contributed by atoms with van der Waals surface area (Å²) in [6, 6.07) is 14.7. The minimum Gasteiger partial charge on any atom is -0.508 e. The van der Waals surface area contributed by atoms with Gasteiger partial charge in [-0.15, -0.1) is 0 Å². The third-order valence-corrected chi connectivity index (χ3v) is 3.86. The van der Waals surface area contributed by atoms with Crippen molar-refractivity contribution in [1.82, 2.24) is 20.0 Å². The lowest BCUT2D eigenvalue weighted by Gasteiger charge is -2.01. The first kappa shape index (κ1) is 14.9. The number of anilines is 1. The van der Waals surface area contributed by atoms with Gasteiger partial charge in [-0.25, -0.2) is 0 Å². The summed E-state index contributed by atoms with van der Waals surface area (Å²) in [5.41, 5.74) is 2.21. The van der Waals surface area contributed by atoms with Crippen LogP contribution in [0.15, 0.2) is 60.9 Å². The smallest absolute Gasteiger partial charge is 0.260 e. The van der Waals surface area contributed by atoms with Crippen molar-refractivity contribution in [2.45, 2.75) is 6.54 Å². The van der Waals surface area contributed by atoms with Gasteiger partial charge in [-0.1, -0.05) is 30.3 Å². The van der Waals surface area contributed by atoms with Crippen LogP contribution in [0.4, 0.5) is 5.82 Å². The average molecular weight is 333 g/mol. The third kappa shape index (κ3) is 3.07. The molecule has 0 radical (unpaired) electrons. The summed E-state index contributed by atoms with van der Waals surface area (Å²) >= 11 is 0. The Bertz CT molecular complexity index is 1040. The van der Waals surface area contributed by atoms with Gasteiger partial charge in [0, 0.05) is 17.6 Å². The third-order valence-electron chi connectivity index (χ3n) is 3.86. The summed E-state index contributed by atoms with van der Waals surface area (Å²) in [5.74, 6) is 0.257. The zero-order chi connectivity index (χ0) is 17.2. The minimum absolute atomic E-state index is 0.135. The lowest BCUT2D eigenvalue weighted by molar-refractivity contribution is 0.102. The van der Waals surface area contributed by atoms with Gasteiger partial charge in [-0.05, 0) is 17.7 Å². The number of rotatable bonds is 4. The van der Waals surface area contributed by atoms with Crippen LogP contribution in [0, 0.1) is 0 Å². The number of hydrogen-bond donors (Lipinski definition) is 3. The number of amides is 1. The number of nitrogens with one attached hydrogen (secondary N) is 2. The Hall–Kier alpha value is -3.61. The van der Waals surface area contributed by atoms with E-state index in [0.29, 0.717) is 23.4 Å². The van der Waals surface area contributed by atoms with Crippen molar-refractivity contribution in [2.75, 3.05) is 5.32 Å². The molecule has 0 atom stereocenters. The molecule has 2 heterocycles. The largest absolute Gasteiger partial charge is 0.508 e. The maximum Gasteiger partial charge on any atom is 0.260 e. The molecule has 0 fully saturated rings. The van der Waals surface area contributed by atoms with E-state index in [1.807, 2.05) is 30.3 Å². The summed E-state index contributed by atoms with van der Waals surface area (Å²) in [4.78, 5) is 12.4. The van der Waals surface area contributed by atoms with Crippen molar-refractivity contribution in [3.63, 3.8) is 0 Å². The number of phenols is 1. The first-order chi connectivity index (χ1) is 12.2. The molecule has 7 nitrogen and oxygen atoms in total. The quantitative estimate of drug-likeness (QED) is 0.535. The Balaban J connectivity index is 1.51. The van der Waals surface area contributed by atoms with Crippen molar-refractivity contribution in [1.29, 1.82) is 0 Å². The van der Waals surface area contributed by atoms with E-state index in [1.54, 1.807) is 29.1 Å². The molecule has 3 N–H and O–H groups in total. The molecule has 2 aromatic carbocycles. The molecule has 0 aliphatic heterocycles. The number of phenolic OH excluding ortho intramolecular Hbond substituents is 1. The molecule has 7 heteroatoms. The molecule has 4 rings (SSSR count). The van der Waals surface area contributed by atoms with Gasteiger partial charge in [-0.3, -0.25) is 14.6 Å². The highest BCUT2D eigenvalue weighted by Crippen LogP contribution is 2.24. The molecule has 0 unspecified atom stereocenters. The van der Waals surface area contributed by atoms with Gasteiger partial charge in [0.2, 0.25) is 0 Å². The van der Waals surface area contributed by atoms with E-state index in [9.17, 15) is 9.90 Å². The van der Waals surface area contributed by atoms with Crippen molar-refractivity contribution < 1.29 is 9.90 Å². The second kappa shape index (κ2) is 6.12. The first-order valence-corrected chi connectivity index (χ1v) is 7.74. The van der Waals surface area contributed by atoms with Crippen LogP contribution < -0.4 is 5.32 Å². The summed E-state index contributed by atoms with van der Waals surface area (Å²) < 4.78 is 1.71. The Kier molecular flexibility index (Phi) is 3.66. The number of H-pyrrole nitrogens is 1. The number of benzene rings is 2. The number of aromatic hydroxyl groups is 1. The van der Waals surface area contributed by atoms with Crippen LogP contribution in [0.3, 0.4) is 0 Å². The number of aromatic nitrogens is 4. The van der Waals surface area contributed by atoms with Gasteiger partial charge < -0.3 is 10.4 Å². The fourth-order valence-corrected chi connectivity index (χ4v) is 2.62. The lowest BCUT2D eigenvalue weighted by Crippen LogP contribution is -2.11. The van der Waals surface area contributed by atoms with Gasteiger partial charge in [0.25, 0.3) is 5.91 Å². The Labute approximate surface area is 142 Å². The fourth-order valence-electron chi connectivity index (χ4n) is 2.62. The van der Waals surface area contributed by atoms with E-state index in [1.165, 1.54) is 6.20 Å². The van der Waals surface area contributed by atoms with E-state index < -0.39 is 0 Å². The van der Waals surface area contributed by atoms with Gasteiger partial charge >= 0.3 is 0 Å². The number of aromatic amines is 1. The molecular weight excluding hydrogens is 318 g/mol. The molecule has 1 amide bonds. The number of carbonyl (C=O) groups excluding carboxylic acids is 1. The molecule has 124 valence electrons. The van der Waals surface area contributed by atoms with Gasteiger partial charge in [0.05, 0.1) is 23.8 Å². The fraction of sp³-hybridized carbons (Fsp3) is 0.0556. The van der Waals surface area contributed by atoms with E-state index in [4.69, 9.17) is 0 Å². The second-order valence-electron chi connectivity index (χ2n) is 5.67. The van der Waals surface area contributed by atoms with Crippen LogP contribution in [0.25, 0.3) is 10.9 Å². The average Bonchev–Trinajstić information content (AvgIpc) is 3.23. The lowest BCUT2D eigenvalue weighted by atomic mass is 10.2. The topological polar surface area (TPSA) is 95.8 Å². The minimum atomic E-state index is -0.291. The van der Waals surface area contributed by atoms with Crippen LogP contribution in [0.2, 0.25) is 0 Å². The number of hydrogen-bond acceptors (Lipinski definition) is 4. The highest BCUT2D eigenvalue weighted by atomic mass is 16.3. The number of carbonyl (C=O) groups is 1. The van der Waals surface area contributed by atoms with Crippen molar-refractivity contribution in [3.05, 3.63) is 72.1 Å². The van der Waals surface area contributed by atoms with Gasteiger partial charge in [0.15, 0.2) is 5.82 Å². The van der Waals surface area contributed by atoms with Crippen LogP contribution >= 0.6 is 0 Å². The molecule has 0 aliphatic carbocycles. The highest BCUT2D eigenvalue weighted by molar-refractivity contribution is 6.07. The summed E-state index contributed by atoms with van der Waals surface area (Å²) in [7, 11) is 0. The zero-order valence-corrected chi connectivity index (χ0v) is 13.2. The molecule has 2 aromatic heterocycles. The molecule has 4 aromatic rings. The molecule has 0 saturated heterocycles. The second-order valence-corrected chi connectivity index (χ2v) is 5.67. The molecule has 0 aliphatic rings. The molecular formula is C18H15N5O2. The van der Waals surface area contributed by atoms with E-state index in [-0.39, 0.29) is 11.7 Å². The number of fused-ring (bicyclic) bond motifs is 1. The van der Waals surface area contributed by atoms with Crippen molar-refractivity contribution in [3.8, 4) is 5.75 Å². The predicted octanol–water partition coefficient (Wildman–Crippen LogP) is 2.77. The Morgan fingerprint density at radius 1 is 1.20 bits per heavy atom. The molecule has 0 saturated carbocycles. The number of nitrogens with zero attached hydrogens (tertiary/aromatic N) is 3. The van der Waals surface area contributed by atoms with Gasteiger partial charge in [-0.2, -0.15) is 10.2 Å². The summed E-state index contributed by atoms with van der Waals surface area (Å²) in [6.45, 7) is 0.596. The van der Waals surface area contributed by atoms with Crippen molar-refractivity contribution in [2.24, 2.45) is 0 Å². The van der Waals surface area contributed by atoms with Crippen LogP contribution in [-0.2, 0) is 6.54 Å². The highest BCUT2D eigenvalue weighted by Gasteiger charge is 2.13. The normalized spacial score (nSPS) is 10.9. The molecule has 0 spiro atoms. The SMILES string of the molecule is O=C(Nc1n[nH]c2cc(O)ccc12)c1cnn(Cc2ccccc2)c1. The zero-order valence-electron chi connectivity index (χ0n) is 13.2. The predicted molar refractivity (Wildman–Crippen MR) is 93.5 cm³/mol. The van der Waals surface area contributed by atoms with Crippen molar-refractivity contribution >= 4 is 22.6 Å². The Morgan fingerprint density at radius 2 is 2.04 bits per heavy atom. The van der Waals surface area contributed by atoms with E-state index >= 15 is 0 Å². The maximum absolute atomic E-state index is 12.4. The van der Waals surface area contributed by atoms with Crippen LogP contribution in [0.1, 0.15) is 15.9 Å². The van der Waals surface area contributed by atoms with Crippen LogP contribution in [0.5, 0.6) is 5.75 Å². The molecule has 25 heavy (non-hydrogen) atoms. The first-order valence-electron chi connectivity index (χ1n) is 7.74. The molecule has 0 bridgehead atoms.